The molecule has 1 aromatic carbocycles. The summed E-state index contributed by atoms with van der Waals surface area (Å²) in [6.45, 7) is 8.30. The highest BCUT2D eigenvalue weighted by Gasteiger charge is 2.20. The van der Waals surface area contributed by atoms with E-state index in [4.69, 9.17) is 14.5 Å². The Morgan fingerprint density at radius 3 is 2.77 bits per heavy atom. The van der Waals surface area contributed by atoms with Crippen LogP contribution in [0.15, 0.2) is 48.9 Å². The molecule has 0 bridgehead atoms. The smallest absolute Gasteiger partial charge is 0.171 e. The van der Waals surface area contributed by atoms with Crippen molar-refractivity contribution in [2.24, 2.45) is 0 Å². The summed E-state index contributed by atoms with van der Waals surface area (Å²) in [7, 11) is 0. The third kappa shape index (κ3) is 6.05. The minimum absolute atomic E-state index is 0.0434. The molecule has 1 fully saturated rings. The first-order chi connectivity index (χ1) is 21.0. The van der Waals surface area contributed by atoms with E-state index in [0.29, 0.717) is 35.9 Å². The summed E-state index contributed by atoms with van der Waals surface area (Å²) in [4.78, 5) is 16.4. The molecule has 0 amide bonds. The highest BCUT2D eigenvalue weighted by Crippen LogP contribution is 2.34. The van der Waals surface area contributed by atoms with Crippen LogP contribution in [0, 0.1) is 25.2 Å². The number of aromatic nitrogens is 6. The molecule has 12 nitrogen and oxygen atoms in total. The number of aliphatic hydroxyl groups is 1. The van der Waals surface area contributed by atoms with Crippen molar-refractivity contribution in [3.05, 3.63) is 71.6 Å². The third-order valence-electron chi connectivity index (χ3n) is 7.49. The molecule has 1 aliphatic rings. The second kappa shape index (κ2) is 12.6. The maximum absolute atomic E-state index is 9.70. The van der Waals surface area contributed by atoms with Gasteiger partial charge in [-0.2, -0.15) is 10.4 Å². The summed E-state index contributed by atoms with van der Waals surface area (Å²) in [5.74, 6) is 1.30. The van der Waals surface area contributed by atoms with Gasteiger partial charge in [0.25, 0.3) is 0 Å². The van der Waals surface area contributed by atoms with E-state index >= 15 is 0 Å². The zero-order chi connectivity index (χ0) is 29.8. The van der Waals surface area contributed by atoms with Gasteiger partial charge >= 0.3 is 0 Å². The normalized spacial score (nSPS) is 13.7. The number of aromatic amines is 1. The Morgan fingerprint density at radius 1 is 1.14 bits per heavy atom. The van der Waals surface area contributed by atoms with Crippen LogP contribution < -0.4 is 10.1 Å². The van der Waals surface area contributed by atoms with E-state index in [9.17, 15) is 10.4 Å². The number of H-pyrrole nitrogens is 1. The largest absolute Gasteiger partial charge is 0.490 e. The van der Waals surface area contributed by atoms with Crippen LogP contribution in [0.1, 0.15) is 22.6 Å². The number of nitrogens with zero attached hydrogens (tertiary/aromatic N) is 7. The van der Waals surface area contributed by atoms with Crippen LogP contribution in [0.2, 0.25) is 0 Å². The Bertz CT molecular complexity index is 1770. The summed E-state index contributed by atoms with van der Waals surface area (Å²) in [5.41, 5.74) is 7.16. The lowest BCUT2D eigenvalue weighted by molar-refractivity contribution is 0.0323. The average Bonchev–Trinajstić information content (AvgIpc) is 3.61. The van der Waals surface area contributed by atoms with Gasteiger partial charge in [0.05, 0.1) is 53.1 Å². The predicted molar refractivity (Wildman–Crippen MR) is 162 cm³/mol. The van der Waals surface area contributed by atoms with Gasteiger partial charge in [-0.25, -0.2) is 9.97 Å². The van der Waals surface area contributed by atoms with Crippen LogP contribution in [0.5, 0.6) is 5.75 Å². The molecule has 0 saturated carbocycles. The van der Waals surface area contributed by atoms with E-state index < -0.39 is 0 Å². The van der Waals surface area contributed by atoms with Crippen molar-refractivity contribution >= 4 is 22.4 Å². The van der Waals surface area contributed by atoms with E-state index in [-0.39, 0.29) is 12.3 Å². The number of morpholine rings is 1. The fourth-order valence-corrected chi connectivity index (χ4v) is 5.19. The van der Waals surface area contributed by atoms with Gasteiger partial charge in [-0.3, -0.25) is 19.5 Å². The fourth-order valence-electron chi connectivity index (χ4n) is 5.19. The second-order valence-corrected chi connectivity index (χ2v) is 10.4. The van der Waals surface area contributed by atoms with Gasteiger partial charge in [0, 0.05) is 43.7 Å². The number of imidazole rings is 1. The number of aliphatic hydroxyl groups excluding tert-OH is 1. The van der Waals surface area contributed by atoms with Crippen LogP contribution in [0.3, 0.4) is 0 Å². The zero-order valence-electron chi connectivity index (χ0n) is 24.2. The molecule has 0 spiro atoms. The van der Waals surface area contributed by atoms with Crippen molar-refractivity contribution in [2.75, 3.05) is 51.4 Å². The Labute approximate surface area is 248 Å². The van der Waals surface area contributed by atoms with Gasteiger partial charge in [0.15, 0.2) is 5.69 Å². The third-order valence-corrected chi connectivity index (χ3v) is 7.49. The molecule has 0 aliphatic carbocycles. The number of fused-ring (bicyclic) bond motifs is 1. The van der Waals surface area contributed by atoms with Crippen LogP contribution in [0.25, 0.3) is 28.1 Å². The molecule has 3 N–H and O–H groups in total. The molecule has 0 radical (unpaired) electrons. The lowest BCUT2D eigenvalue weighted by Crippen LogP contribution is -2.38. The summed E-state index contributed by atoms with van der Waals surface area (Å²) in [6, 6.07) is 13.8. The number of anilines is 2. The van der Waals surface area contributed by atoms with E-state index in [1.54, 1.807) is 12.5 Å². The molecule has 6 rings (SSSR count). The molecular weight excluding hydrogens is 546 g/mol. The summed E-state index contributed by atoms with van der Waals surface area (Å²) in [5, 5.41) is 29.8. The van der Waals surface area contributed by atoms with E-state index in [2.05, 4.69) is 36.5 Å². The number of pyridine rings is 2. The lowest BCUT2D eigenvalue weighted by atomic mass is 10.0. The summed E-state index contributed by atoms with van der Waals surface area (Å²) < 4.78 is 13.8. The van der Waals surface area contributed by atoms with Crippen LogP contribution >= 0.6 is 0 Å². The number of hydrogen-bond donors (Lipinski definition) is 3. The topological polar surface area (TPSA) is 150 Å². The average molecular weight is 580 g/mol. The fraction of sp³-hybridized carbons (Fsp3) is 0.323. The monoisotopic (exact) mass is 579 g/mol. The maximum atomic E-state index is 9.70. The highest BCUT2D eigenvalue weighted by molar-refractivity contribution is 5.86. The number of benzene rings is 1. The minimum Gasteiger partial charge on any atom is -0.490 e. The number of rotatable bonds is 10. The summed E-state index contributed by atoms with van der Waals surface area (Å²) in [6.07, 6.45) is 3.92. The standard InChI is InChI=1S/C31H33N9O3/c1-20-3-5-23(18-33-20)35-25-15-24-27(16-28(25)43-14-10-39-8-12-42-13-9-39)40(19-34-24)29-6-4-22(7-11-41)31(36-29)30-21(2)37-38-26(30)17-32/h3-6,15-16,18-19,35,41H,7-14H2,1-2H3,(H,37,38). The predicted octanol–water partition coefficient (Wildman–Crippen LogP) is 3.68. The first-order valence-corrected chi connectivity index (χ1v) is 14.2. The minimum atomic E-state index is -0.0434. The van der Waals surface area contributed by atoms with Crippen molar-refractivity contribution in [2.45, 2.75) is 20.3 Å². The van der Waals surface area contributed by atoms with Crippen molar-refractivity contribution in [1.29, 1.82) is 5.26 Å². The number of nitriles is 1. The molecule has 1 saturated heterocycles. The second-order valence-electron chi connectivity index (χ2n) is 10.4. The quantitative estimate of drug-likeness (QED) is 0.224. The van der Waals surface area contributed by atoms with E-state index in [1.807, 2.05) is 54.8 Å². The highest BCUT2D eigenvalue weighted by atomic mass is 16.5. The van der Waals surface area contributed by atoms with Crippen molar-refractivity contribution in [3.63, 3.8) is 0 Å². The van der Waals surface area contributed by atoms with Gasteiger partial charge < -0.3 is 19.9 Å². The number of ether oxygens (including phenoxy) is 2. The Balaban J connectivity index is 1.39. The maximum Gasteiger partial charge on any atom is 0.171 e. The molecule has 1 aliphatic heterocycles. The van der Waals surface area contributed by atoms with Gasteiger partial charge in [-0.1, -0.05) is 6.07 Å². The molecule has 12 heteroatoms. The van der Waals surface area contributed by atoms with Crippen molar-refractivity contribution < 1.29 is 14.6 Å². The van der Waals surface area contributed by atoms with Gasteiger partial charge in [0.1, 0.15) is 30.6 Å². The van der Waals surface area contributed by atoms with Crippen LogP contribution in [-0.2, 0) is 11.2 Å². The van der Waals surface area contributed by atoms with Crippen LogP contribution in [-0.4, -0.2) is 85.8 Å². The first-order valence-electron chi connectivity index (χ1n) is 14.2. The Morgan fingerprint density at radius 2 is 2.00 bits per heavy atom. The SMILES string of the molecule is Cc1ccc(Nc2cc3ncn(-c4ccc(CCO)c(-c5c(C#N)n[nH]c5C)n4)c3cc2OCCN2CCOCC2)cn1. The number of aryl methyl sites for hydroxylation is 2. The molecule has 0 unspecified atom stereocenters. The van der Waals surface area contributed by atoms with Gasteiger partial charge in [-0.05, 0) is 50.1 Å². The molecular formula is C31H33N9O3. The van der Waals surface area contributed by atoms with Gasteiger partial charge in [-0.15, -0.1) is 0 Å². The van der Waals surface area contributed by atoms with Crippen LogP contribution in [0.4, 0.5) is 11.4 Å². The molecule has 5 heterocycles. The molecule has 220 valence electrons. The number of nitrogens with one attached hydrogen (secondary N) is 2. The Hall–Kier alpha value is -4.83. The van der Waals surface area contributed by atoms with Crippen molar-refractivity contribution in [3.8, 4) is 28.9 Å². The first kappa shape index (κ1) is 28.3. The molecule has 5 aromatic rings. The molecule has 4 aromatic heterocycles. The molecule has 43 heavy (non-hydrogen) atoms. The zero-order valence-corrected chi connectivity index (χ0v) is 24.2. The van der Waals surface area contributed by atoms with E-state index in [1.165, 1.54) is 0 Å². The number of hydrogen-bond acceptors (Lipinski definition) is 10. The van der Waals surface area contributed by atoms with Gasteiger partial charge in [0.2, 0.25) is 0 Å². The Kier molecular flexibility index (Phi) is 8.28. The lowest BCUT2D eigenvalue weighted by Gasteiger charge is -2.26. The molecule has 0 atom stereocenters. The van der Waals surface area contributed by atoms with Crippen molar-refractivity contribution in [1.82, 2.24) is 34.6 Å². The van der Waals surface area contributed by atoms with E-state index in [0.717, 1.165) is 72.2 Å². The summed E-state index contributed by atoms with van der Waals surface area (Å²) >= 11 is 0.